The van der Waals surface area contributed by atoms with E-state index in [1.165, 1.54) is 19.9 Å². The molecule has 0 rings (SSSR count). The van der Waals surface area contributed by atoms with E-state index in [0.717, 1.165) is 0 Å². The molecule has 0 aliphatic rings. The van der Waals surface area contributed by atoms with Gasteiger partial charge in [-0.15, -0.1) is 0 Å². The molecule has 0 heterocycles. The Morgan fingerprint density at radius 3 is 2.43 bits per heavy atom. The summed E-state index contributed by atoms with van der Waals surface area (Å²) in [6.07, 6.45) is 0.589. The first kappa shape index (κ1) is 18.9. The molecule has 0 aliphatic carbocycles. The number of ether oxygens (including phenoxy) is 2. The van der Waals surface area contributed by atoms with Gasteiger partial charge in [-0.05, 0) is 20.8 Å². The molecule has 1 atom stereocenters. The van der Waals surface area contributed by atoms with Crippen LogP contribution in [-0.2, 0) is 19.1 Å². The van der Waals surface area contributed by atoms with Gasteiger partial charge in [0.1, 0.15) is 13.2 Å². The third-order valence-corrected chi connectivity index (χ3v) is 2.26. The second-order valence-electron chi connectivity index (χ2n) is 4.65. The number of alkyl carbamates (subject to hydrolysis) is 1. The number of esters is 1. The number of carbonyl (C=O) groups is 3. The highest BCUT2D eigenvalue weighted by molar-refractivity contribution is 5.87. The summed E-state index contributed by atoms with van der Waals surface area (Å²) in [5.74, 6) is -1.42. The second kappa shape index (κ2) is 8.96. The molecule has 0 aromatic rings. The molecule has 0 saturated carbocycles. The van der Waals surface area contributed by atoms with E-state index in [1.54, 1.807) is 6.92 Å². The van der Waals surface area contributed by atoms with Crippen LogP contribution in [0.25, 0.3) is 0 Å². The van der Waals surface area contributed by atoms with Gasteiger partial charge in [0.15, 0.2) is 6.04 Å². The van der Waals surface area contributed by atoms with Crippen molar-refractivity contribution in [3.63, 3.8) is 0 Å². The molecule has 120 valence electrons. The third kappa shape index (κ3) is 7.93. The Morgan fingerprint density at radius 1 is 1.33 bits per heavy atom. The van der Waals surface area contributed by atoms with Gasteiger partial charge in [0.25, 0.3) is 0 Å². The van der Waals surface area contributed by atoms with E-state index >= 15 is 0 Å². The Bertz CT molecular complexity index is 389. The van der Waals surface area contributed by atoms with Gasteiger partial charge in [0.2, 0.25) is 5.91 Å². The third-order valence-electron chi connectivity index (χ3n) is 2.26. The van der Waals surface area contributed by atoms with Crippen molar-refractivity contribution in [3.8, 4) is 0 Å². The van der Waals surface area contributed by atoms with Crippen molar-refractivity contribution in [3.05, 3.63) is 12.7 Å². The summed E-state index contributed by atoms with van der Waals surface area (Å²) in [5.41, 5.74) is -1.51. The van der Waals surface area contributed by atoms with Crippen LogP contribution >= 0.6 is 0 Å². The Morgan fingerprint density at radius 2 is 1.95 bits per heavy atom. The summed E-state index contributed by atoms with van der Waals surface area (Å²) in [4.78, 5) is 34.5. The molecule has 2 amide bonds. The smallest absolute Gasteiger partial charge is 0.407 e. The Labute approximate surface area is 123 Å². The molecule has 0 saturated heterocycles. The molecule has 8 nitrogen and oxygen atoms in total. The number of amides is 2. The average Bonchev–Trinajstić information content (AvgIpc) is 2.39. The van der Waals surface area contributed by atoms with Crippen LogP contribution in [0.3, 0.4) is 0 Å². The standard InChI is InChI=1S/C13H22N2O6/c1-5-7-21-12(18)14-8-9(16)15-10(13(3,4)19)11(17)20-6-2/h5,10,19H,1,6-8H2,2-4H3,(H,14,18)(H,15,16). The summed E-state index contributed by atoms with van der Waals surface area (Å²) in [7, 11) is 0. The van der Waals surface area contributed by atoms with Crippen LogP contribution in [0.5, 0.6) is 0 Å². The average molecular weight is 302 g/mol. The Hall–Kier alpha value is -2.09. The molecule has 0 bridgehead atoms. The highest BCUT2D eigenvalue weighted by Gasteiger charge is 2.35. The van der Waals surface area contributed by atoms with Gasteiger partial charge < -0.3 is 25.2 Å². The van der Waals surface area contributed by atoms with E-state index in [4.69, 9.17) is 4.74 Å². The van der Waals surface area contributed by atoms with Crippen LogP contribution in [0, 0.1) is 0 Å². The predicted molar refractivity (Wildman–Crippen MR) is 74.4 cm³/mol. The molecule has 8 heteroatoms. The summed E-state index contributed by atoms with van der Waals surface area (Å²) in [6, 6.07) is -1.24. The van der Waals surface area contributed by atoms with Crippen LogP contribution in [0.1, 0.15) is 20.8 Å². The maximum atomic E-state index is 11.7. The number of rotatable bonds is 8. The molecule has 0 fully saturated rings. The zero-order chi connectivity index (χ0) is 16.5. The van der Waals surface area contributed by atoms with E-state index in [2.05, 4.69) is 21.9 Å². The quantitative estimate of drug-likeness (QED) is 0.419. The zero-order valence-corrected chi connectivity index (χ0v) is 12.5. The monoisotopic (exact) mass is 302 g/mol. The normalized spacial score (nSPS) is 12.0. The molecule has 0 radical (unpaired) electrons. The number of hydrogen-bond donors (Lipinski definition) is 3. The molecule has 0 aromatic carbocycles. The van der Waals surface area contributed by atoms with Crippen LogP contribution < -0.4 is 10.6 Å². The fraction of sp³-hybridized carbons (Fsp3) is 0.615. The van der Waals surface area contributed by atoms with Crippen molar-refractivity contribution in [1.29, 1.82) is 0 Å². The zero-order valence-electron chi connectivity index (χ0n) is 12.5. The van der Waals surface area contributed by atoms with Crippen molar-refractivity contribution in [2.45, 2.75) is 32.4 Å². The van der Waals surface area contributed by atoms with Gasteiger partial charge in [0, 0.05) is 0 Å². The molecule has 3 N–H and O–H groups in total. The van der Waals surface area contributed by atoms with Gasteiger partial charge in [-0.2, -0.15) is 0 Å². The predicted octanol–water partition coefficient (Wildman–Crippen LogP) is -0.283. The van der Waals surface area contributed by atoms with Crippen LogP contribution in [-0.4, -0.2) is 54.5 Å². The van der Waals surface area contributed by atoms with Crippen molar-refractivity contribution < 1.29 is 29.0 Å². The van der Waals surface area contributed by atoms with E-state index in [9.17, 15) is 19.5 Å². The molecule has 0 spiro atoms. The van der Waals surface area contributed by atoms with E-state index in [1.807, 2.05) is 0 Å². The molecular formula is C13H22N2O6. The van der Waals surface area contributed by atoms with Crippen molar-refractivity contribution in [2.24, 2.45) is 0 Å². The fourth-order valence-electron chi connectivity index (χ4n) is 1.30. The first-order valence-electron chi connectivity index (χ1n) is 6.42. The SMILES string of the molecule is C=CCOC(=O)NCC(=O)NC(C(=O)OCC)C(C)(C)O. The maximum Gasteiger partial charge on any atom is 0.407 e. The van der Waals surface area contributed by atoms with Crippen LogP contribution in [0.2, 0.25) is 0 Å². The number of carbonyl (C=O) groups excluding carboxylic acids is 3. The Kier molecular flexibility index (Phi) is 8.07. The van der Waals surface area contributed by atoms with Gasteiger partial charge >= 0.3 is 12.1 Å². The van der Waals surface area contributed by atoms with Crippen LogP contribution in [0.15, 0.2) is 12.7 Å². The maximum absolute atomic E-state index is 11.7. The minimum atomic E-state index is -1.51. The highest BCUT2D eigenvalue weighted by Crippen LogP contribution is 2.10. The lowest BCUT2D eigenvalue weighted by molar-refractivity contribution is -0.154. The van der Waals surface area contributed by atoms with Crippen LogP contribution in [0.4, 0.5) is 4.79 Å². The van der Waals surface area contributed by atoms with E-state index < -0.39 is 36.2 Å². The summed E-state index contributed by atoms with van der Waals surface area (Å²) >= 11 is 0. The lowest BCUT2D eigenvalue weighted by Crippen LogP contribution is -2.56. The number of hydrogen-bond acceptors (Lipinski definition) is 6. The van der Waals surface area contributed by atoms with Crippen molar-refractivity contribution in [1.82, 2.24) is 10.6 Å². The first-order valence-corrected chi connectivity index (χ1v) is 6.42. The number of nitrogens with one attached hydrogen (secondary N) is 2. The summed E-state index contributed by atoms with van der Waals surface area (Å²) in [6.45, 7) is 7.43. The second-order valence-corrected chi connectivity index (χ2v) is 4.65. The largest absolute Gasteiger partial charge is 0.464 e. The van der Waals surface area contributed by atoms with Crippen molar-refractivity contribution >= 4 is 18.0 Å². The minimum absolute atomic E-state index is 0.0164. The van der Waals surface area contributed by atoms with E-state index in [0.29, 0.717) is 0 Å². The molecule has 1 unspecified atom stereocenters. The molecular weight excluding hydrogens is 280 g/mol. The first-order chi connectivity index (χ1) is 9.72. The van der Waals surface area contributed by atoms with Gasteiger partial charge in [-0.1, -0.05) is 12.7 Å². The van der Waals surface area contributed by atoms with Gasteiger partial charge in [-0.3, -0.25) is 4.79 Å². The molecule has 0 aliphatic heterocycles. The van der Waals surface area contributed by atoms with Crippen molar-refractivity contribution in [2.75, 3.05) is 19.8 Å². The fourth-order valence-corrected chi connectivity index (χ4v) is 1.30. The highest BCUT2D eigenvalue weighted by atomic mass is 16.5. The minimum Gasteiger partial charge on any atom is -0.464 e. The summed E-state index contributed by atoms with van der Waals surface area (Å²) in [5, 5.41) is 14.4. The van der Waals surface area contributed by atoms with Gasteiger partial charge in [-0.25, -0.2) is 9.59 Å². The Balaban J connectivity index is 4.44. The molecule has 0 aromatic heterocycles. The lowest BCUT2D eigenvalue weighted by Gasteiger charge is -2.28. The van der Waals surface area contributed by atoms with E-state index in [-0.39, 0.29) is 13.2 Å². The summed E-state index contributed by atoms with van der Waals surface area (Å²) < 4.78 is 9.38. The lowest BCUT2D eigenvalue weighted by atomic mass is 9.99. The van der Waals surface area contributed by atoms with Gasteiger partial charge in [0.05, 0.1) is 12.2 Å². The molecule has 21 heavy (non-hydrogen) atoms. The number of aliphatic hydroxyl groups is 1. The topological polar surface area (TPSA) is 114 Å².